The largest absolute Gasteiger partial charge is 0.385 e. The number of fused-ring (bicyclic) bond motifs is 1. The zero-order valence-electron chi connectivity index (χ0n) is 11.5. The van der Waals surface area contributed by atoms with Gasteiger partial charge in [0.25, 0.3) is 0 Å². The van der Waals surface area contributed by atoms with E-state index in [1.165, 1.54) is 25.7 Å². The molecule has 3 N–H and O–H groups in total. The summed E-state index contributed by atoms with van der Waals surface area (Å²) in [6.07, 6.45) is 8.71. The molecule has 102 valence electrons. The van der Waals surface area contributed by atoms with Crippen LogP contribution in [0.15, 0.2) is 12.4 Å². The average Bonchev–Trinajstić information content (AvgIpc) is 2.89. The maximum absolute atomic E-state index is 4.80. The molecule has 1 aliphatic rings. The topological polar surface area (TPSA) is 65.6 Å². The molecule has 3 rings (SSSR count). The first-order valence-electron chi connectivity index (χ1n) is 7.01. The Morgan fingerprint density at radius 2 is 2.00 bits per heavy atom. The highest BCUT2D eigenvalue weighted by molar-refractivity contribution is 5.85. The van der Waals surface area contributed by atoms with E-state index in [0.29, 0.717) is 12.0 Å². The van der Waals surface area contributed by atoms with Crippen LogP contribution in [0.3, 0.4) is 0 Å². The van der Waals surface area contributed by atoms with Gasteiger partial charge in [-0.3, -0.25) is 0 Å². The van der Waals surface area contributed by atoms with Crippen LogP contribution in [0.1, 0.15) is 37.3 Å². The van der Waals surface area contributed by atoms with E-state index in [1.54, 1.807) is 0 Å². The van der Waals surface area contributed by atoms with Crippen LogP contribution in [-0.4, -0.2) is 35.1 Å². The van der Waals surface area contributed by atoms with Gasteiger partial charge in [-0.1, -0.05) is 0 Å². The lowest BCUT2D eigenvalue weighted by Gasteiger charge is -2.27. The molecule has 0 aromatic carbocycles. The van der Waals surface area contributed by atoms with Gasteiger partial charge in [0.05, 0.1) is 17.6 Å². The number of nitrogens with zero attached hydrogens (tertiary/aromatic N) is 2. The van der Waals surface area contributed by atoms with Crippen LogP contribution < -0.4 is 10.6 Å². The maximum atomic E-state index is 4.80. The fourth-order valence-corrected chi connectivity index (χ4v) is 2.97. The number of aromatic amines is 1. The minimum absolute atomic E-state index is 0.557. The van der Waals surface area contributed by atoms with E-state index < -0.39 is 0 Å². The summed E-state index contributed by atoms with van der Waals surface area (Å²) in [5.74, 6) is 0.557. The van der Waals surface area contributed by atoms with Gasteiger partial charge in [0, 0.05) is 25.2 Å². The molecule has 19 heavy (non-hydrogen) atoms. The van der Waals surface area contributed by atoms with Crippen molar-refractivity contribution in [2.24, 2.45) is 0 Å². The minimum atomic E-state index is 0.557. The second kappa shape index (κ2) is 5.17. The van der Waals surface area contributed by atoms with Gasteiger partial charge >= 0.3 is 0 Å². The van der Waals surface area contributed by atoms with Crippen molar-refractivity contribution in [3.8, 4) is 0 Å². The number of rotatable bonds is 3. The Bertz CT molecular complexity index is 554. The average molecular weight is 259 g/mol. The molecule has 2 aromatic rings. The van der Waals surface area contributed by atoms with Gasteiger partial charge in [0.15, 0.2) is 5.65 Å². The van der Waals surface area contributed by atoms with Crippen molar-refractivity contribution in [2.75, 3.05) is 19.4 Å². The second-order valence-corrected chi connectivity index (χ2v) is 5.28. The Morgan fingerprint density at radius 3 is 2.68 bits per heavy atom. The number of anilines is 1. The first-order valence-corrected chi connectivity index (χ1v) is 7.01. The lowest BCUT2D eigenvalue weighted by molar-refractivity contribution is 0.355. The Hall–Kier alpha value is -1.62. The molecule has 0 bridgehead atoms. The van der Waals surface area contributed by atoms with Crippen LogP contribution in [0, 0.1) is 0 Å². The van der Waals surface area contributed by atoms with Crippen molar-refractivity contribution in [3.63, 3.8) is 0 Å². The molecule has 0 radical (unpaired) electrons. The summed E-state index contributed by atoms with van der Waals surface area (Å²) in [5.41, 5.74) is 3.97. The molecule has 5 heteroatoms. The van der Waals surface area contributed by atoms with Gasteiger partial charge in [-0.25, -0.2) is 9.97 Å². The molecule has 2 aromatic heterocycles. The summed E-state index contributed by atoms with van der Waals surface area (Å²) in [6, 6.07) is 0.674. The van der Waals surface area contributed by atoms with Gasteiger partial charge in [0.2, 0.25) is 0 Å². The van der Waals surface area contributed by atoms with Crippen molar-refractivity contribution >= 4 is 16.9 Å². The summed E-state index contributed by atoms with van der Waals surface area (Å²) in [6.45, 7) is 0. The van der Waals surface area contributed by atoms with Crippen LogP contribution in [-0.2, 0) is 0 Å². The van der Waals surface area contributed by atoms with Crippen molar-refractivity contribution in [2.45, 2.75) is 37.6 Å². The van der Waals surface area contributed by atoms with Gasteiger partial charge < -0.3 is 15.6 Å². The third-order valence-electron chi connectivity index (χ3n) is 4.22. The van der Waals surface area contributed by atoms with Crippen LogP contribution in [0.4, 0.5) is 5.69 Å². The summed E-state index contributed by atoms with van der Waals surface area (Å²) >= 11 is 0. The second-order valence-electron chi connectivity index (χ2n) is 5.28. The van der Waals surface area contributed by atoms with Crippen molar-refractivity contribution in [1.29, 1.82) is 0 Å². The third kappa shape index (κ3) is 2.30. The van der Waals surface area contributed by atoms with Crippen LogP contribution in [0.5, 0.6) is 0 Å². The van der Waals surface area contributed by atoms with E-state index >= 15 is 0 Å². The summed E-state index contributed by atoms with van der Waals surface area (Å²) in [5, 5.41) is 6.52. The van der Waals surface area contributed by atoms with Crippen LogP contribution in [0.25, 0.3) is 11.2 Å². The molecule has 1 saturated carbocycles. The summed E-state index contributed by atoms with van der Waals surface area (Å²) < 4.78 is 0. The first kappa shape index (κ1) is 12.4. The molecule has 1 aliphatic carbocycles. The number of aromatic nitrogens is 3. The molecule has 5 nitrogen and oxygen atoms in total. The normalized spacial score (nSPS) is 23.7. The quantitative estimate of drug-likeness (QED) is 0.791. The molecular weight excluding hydrogens is 238 g/mol. The van der Waals surface area contributed by atoms with E-state index in [4.69, 9.17) is 4.98 Å². The Labute approximate surface area is 113 Å². The highest BCUT2D eigenvalue weighted by Crippen LogP contribution is 2.32. The Kier molecular flexibility index (Phi) is 3.38. The molecule has 0 atom stereocenters. The number of H-pyrrole nitrogens is 1. The van der Waals surface area contributed by atoms with E-state index in [9.17, 15) is 0 Å². The highest BCUT2D eigenvalue weighted by atomic mass is 15.0. The lowest BCUT2D eigenvalue weighted by atomic mass is 9.84. The Morgan fingerprint density at radius 1 is 1.21 bits per heavy atom. The van der Waals surface area contributed by atoms with E-state index in [0.717, 1.165) is 22.5 Å². The number of hydrogen-bond donors (Lipinski definition) is 3. The van der Waals surface area contributed by atoms with E-state index in [-0.39, 0.29) is 0 Å². The number of nitrogens with one attached hydrogen (secondary N) is 3. The van der Waals surface area contributed by atoms with Gasteiger partial charge in [-0.05, 0) is 32.7 Å². The summed E-state index contributed by atoms with van der Waals surface area (Å²) in [4.78, 5) is 12.4. The third-order valence-corrected chi connectivity index (χ3v) is 4.22. The first-order chi connectivity index (χ1) is 9.31. The van der Waals surface area contributed by atoms with Crippen molar-refractivity contribution < 1.29 is 0 Å². The highest BCUT2D eigenvalue weighted by Gasteiger charge is 2.23. The molecule has 0 unspecified atom stereocenters. The predicted molar refractivity (Wildman–Crippen MR) is 77.5 cm³/mol. The smallest absolute Gasteiger partial charge is 0.158 e. The lowest BCUT2D eigenvalue weighted by Crippen LogP contribution is -2.29. The van der Waals surface area contributed by atoms with Crippen LogP contribution >= 0.6 is 0 Å². The van der Waals surface area contributed by atoms with E-state index in [1.807, 2.05) is 19.4 Å². The predicted octanol–water partition coefficient (Wildman–Crippen LogP) is 2.25. The van der Waals surface area contributed by atoms with Gasteiger partial charge in [-0.2, -0.15) is 0 Å². The maximum Gasteiger partial charge on any atom is 0.158 e. The standard InChI is InChI=1S/C14H21N5/c1-15-10-5-3-9(4-6-10)11-7-17-14-13(19-11)12(16-2)8-18-14/h7-10,15-16H,3-6H2,1-2H3,(H,17,18). The zero-order valence-corrected chi connectivity index (χ0v) is 11.5. The van der Waals surface area contributed by atoms with Gasteiger partial charge in [-0.15, -0.1) is 0 Å². The molecule has 0 aliphatic heterocycles. The molecular formula is C14H21N5. The number of hydrogen-bond acceptors (Lipinski definition) is 4. The molecule has 2 heterocycles. The molecule has 0 spiro atoms. The van der Waals surface area contributed by atoms with Crippen molar-refractivity contribution in [3.05, 3.63) is 18.1 Å². The fraction of sp³-hybridized carbons (Fsp3) is 0.571. The SMILES string of the molecule is CNc1c[nH]c2ncc(C3CCC(NC)CC3)nc12. The Balaban J connectivity index is 1.85. The van der Waals surface area contributed by atoms with Crippen LogP contribution in [0.2, 0.25) is 0 Å². The summed E-state index contributed by atoms with van der Waals surface area (Å²) in [7, 11) is 3.96. The van der Waals surface area contributed by atoms with Crippen molar-refractivity contribution in [1.82, 2.24) is 20.3 Å². The zero-order chi connectivity index (χ0) is 13.2. The molecule has 0 saturated heterocycles. The minimum Gasteiger partial charge on any atom is -0.385 e. The van der Waals surface area contributed by atoms with E-state index in [2.05, 4.69) is 27.6 Å². The fourth-order valence-electron chi connectivity index (χ4n) is 2.97. The molecule has 1 fully saturated rings. The monoisotopic (exact) mass is 259 g/mol. The molecule has 0 amide bonds. The van der Waals surface area contributed by atoms with Gasteiger partial charge in [0.1, 0.15) is 5.52 Å².